The average molecular weight is 303 g/mol. The molecule has 0 aromatic heterocycles. The number of sulfonamides is 1. The van der Waals surface area contributed by atoms with Crippen molar-refractivity contribution in [3.05, 3.63) is 59.7 Å². The van der Waals surface area contributed by atoms with Gasteiger partial charge < -0.3 is 5.11 Å². The summed E-state index contributed by atoms with van der Waals surface area (Å²) in [7, 11) is -3.68. The Kier molecular flexibility index (Phi) is 3.69. The topological polar surface area (TPSA) is 57.6 Å². The van der Waals surface area contributed by atoms with Crippen molar-refractivity contribution in [3.8, 4) is 5.75 Å². The fourth-order valence-corrected chi connectivity index (χ4v) is 4.23. The van der Waals surface area contributed by atoms with Crippen LogP contribution in [0.15, 0.2) is 53.4 Å². The number of hydrogen-bond donors (Lipinski definition) is 1. The molecule has 1 heterocycles. The Labute approximate surface area is 124 Å². The smallest absolute Gasteiger partial charge is 0.247 e. The van der Waals surface area contributed by atoms with Crippen LogP contribution >= 0.6 is 0 Å². The molecule has 1 N–H and O–H groups in total. The maximum Gasteiger partial charge on any atom is 0.247 e. The second-order valence-electron chi connectivity index (χ2n) is 5.18. The van der Waals surface area contributed by atoms with Crippen LogP contribution in [-0.4, -0.2) is 24.4 Å². The van der Waals surface area contributed by atoms with E-state index in [0.717, 1.165) is 18.4 Å². The quantitative estimate of drug-likeness (QED) is 0.927. The monoisotopic (exact) mass is 303 g/mol. The molecule has 0 saturated heterocycles. The van der Waals surface area contributed by atoms with E-state index < -0.39 is 10.0 Å². The fourth-order valence-electron chi connectivity index (χ4n) is 2.69. The van der Waals surface area contributed by atoms with Gasteiger partial charge in [0.25, 0.3) is 0 Å². The lowest BCUT2D eigenvalue weighted by molar-refractivity contribution is 0.402. The molecule has 5 heteroatoms. The van der Waals surface area contributed by atoms with Gasteiger partial charge in [-0.05, 0) is 36.1 Å². The summed E-state index contributed by atoms with van der Waals surface area (Å²) in [6.07, 6.45) is 1.66. The van der Waals surface area contributed by atoms with E-state index in [4.69, 9.17) is 0 Å². The molecule has 2 aromatic rings. The van der Waals surface area contributed by atoms with Gasteiger partial charge in [0, 0.05) is 13.1 Å². The van der Waals surface area contributed by atoms with Gasteiger partial charge in [0.15, 0.2) is 0 Å². The lowest BCUT2D eigenvalue weighted by atomic mass is 10.0. The Balaban J connectivity index is 1.99. The van der Waals surface area contributed by atoms with Crippen molar-refractivity contribution >= 4 is 10.0 Å². The van der Waals surface area contributed by atoms with Gasteiger partial charge in [-0.1, -0.05) is 36.4 Å². The zero-order valence-electron chi connectivity index (χ0n) is 11.6. The van der Waals surface area contributed by atoms with Crippen molar-refractivity contribution < 1.29 is 13.5 Å². The van der Waals surface area contributed by atoms with E-state index in [9.17, 15) is 13.5 Å². The summed E-state index contributed by atoms with van der Waals surface area (Å²) in [4.78, 5) is -0.0237. The van der Waals surface area contributed by atoms with Crippen molar-refractivity contribution in [3.63, 3.8) is 0 Å². The maximum atomic E-state index is 12.7. The molecule has 0 radical (unpaired) electrons. The molecule has 0 fully saturated rings. The highest BCUT2D eigenvalue weighted by molar-refractivity contribution is 7.89. The van der Waals surface area contributed by atoms with Crippen LogP contribution in [-0.2, 0) is 23.0 Å². The van der Waals surface area contributed by atoms with Gasteiger partial charge in [-0.15, -0.1) is 0 Å². The predicted octanol–water partition coefficient (Wildman–Crippen LogP) is 2.53. The molecular weight excluding hydrogens is 286 g/mol. The minimum Gasteiger partial charge on any atom is -0.507 e. The zero-order valence-corrected chi connectivity index (χ0v) is 12.4. The van der Waals surface area contributed by atoms with Gasteiger partial charge in [-0.25, -0.2) is 8.42 Å². The summed E-state index contributed by atoms with van der Waals surface area (Å²) in [6, 6.07) is 14.0. The average Bonchev–Trinajstić information content (AvgIpc) is 2.70. The molecule has 2 aromatic carbocycles. The third kappa shape index (κ3) is 2.66. The summed E-state index contributed by atoms with van der Waals surface area (Å²) in [5, 5.41) is 9.84. The Bertz CT molecular complexity index is 756. The molecule has 21 heavy (non-hydrogen) atoms. The molecule has 1 aliphatic rings. The first-order chi connectivity index (χ1) is 10.1. The number of rotatable bonds is 2. The number of aromatic hydroxyl groups is 1. The summed E-state index contributed by atoms with van der Waals surface area (Å²) in [6.45, 7) is 0.818. The first kappa shape index (κ1) is 14.1. The van der Waals surface area contributed by atoms with E-state index >= 15 is 0 Å². The molecule has 0 aliphatic carbocycles. The van der Waals surface area contributed by atoms with E-state index in [1.807, 2.05) is 24.3 Å². The zero-order chi connectivity index (χ0) is 14.9. The van der Waals surface area contributed by atoms with E-state index in [2.05, 4.69) is 0 Å². The predicted molar refractivity (Wildman–Crippen MR) is 80.5 cm³/mol. The van der Waals surface area contributed by atoms with Crippen LogP contribution in [0.25, 0.3) is 0 Å². The lowest BCUT2D eigenvalue weighted by Crippen LogP contribution is -2.30. The minimum atomic E-state index is -3.68. The van der Waals surface area contributed by atoms with Crippen LogP contribution in [0, 0.1) is 0 Å². The summed E-state index contributed by atoms with van der Waals surface area (Å²) in [5.74, 6) is -0.199. The third-order valence-electron chi connectivity index (χ3n) is 3.80. The van der Waals surface area contributed by atoms with Crippen LogP contribution in [0.2, 0.25) is 0 Å². The molecule has 0 unspecified atom stereocenters. The SMILES string of the molecule is O=S(=O)(c1ccccc1O)N1CCCc2ccccc2C1. The molecule has 0 spiro atoms. The number of aryl methyl sites for hydroxylation is 1. The van der Waals surface area contributed by atoms with Gasteiger partial charge in [-0.3, -0.25) is 0 Å². The molecule has 0 bridgehead atoms. The van der Waals surface area contributed by atoms with Gasteiger partial charge in [0.05, 0.1) is 0 Å². The summed E-state index contributed by atoms with van der Waals surface area (Å²) < 4.78 is 26.9. The molecule has 0 amide bonds. The highest BCUT2D eigenvalue weighted by Crippen LogP contribution is 2.28. The number of nitrogens with zero attached hydrogens (tertiary/aromatic N) is 1. The van der Waals surface area contributed by atoms with Crippen molar-refractivity contribution in [2.75, 3.05) is 6.54 Å². The number of benzene rings is 2. The number of phenolic OH excluding ortho intramolecular Hbond substituents is 1. The van der Waals surface area contributed by atoms with Gasteiger partial charge >= 0.3 is 0 Å². The van der Waals surface area contributed by atoms with E-state index in [1.54, 1.807) is 12.1 Å². The molecule has 4 nitrogen and oxygen atoms in total. The first-order valence-corrected chi connectivity index (χ1v) is 8.38. The highest BCUT2D eigenvalue weighted by atomic mass is 32.2. The normalized spacial score (nSPS) is 16.2. The molecule has 0 saturated carbocycles. The van der Waals surface area contributed by atoms with E-state index in [1.165, 1.54) is 22.0 Å². The minimum absolute atomic E-state index is 0.0237. The van der Waals surface area contributed by atoms with Crippen LogP contribution in [0.3, 0.4) is 0 Å². The number of phenols is 1. The standard InChI is InChI=1S/C16H17NO3S/c18-15-9-3-4-10-16(15)21(19,20)17-11-5-8-13-6-1-2-7-14(13)12-17/h1-4,6-7,9-10,18H,5,8,11-12H2. The van der Waals surface area contributed by atoms with Crippen molar-refractivity contribution in [2.45, 2.75) is 24.3 Å². The lowest BCUT2D eigenvalue weighted by Gasteiger charge is -2.21. The fraction of sp³-hybridized carbons (Fsp3) is 0.250. The molecule has 3 rings (SSSR count). The Hall–Kier alpha value is -1.85. The molecule has 110 valence electrons. The van der Waals surface area contributed by atoms with Crippen LogP contribution in [0.1, 0.15) is 17.5 Å². The summed E-state index contributed by atoms with van der Waals surface area (Å²) >= 11 is 0. The van der Waals surface area contributed by atoms with E-state index in [-0.39, 0.29) is 10.6 Å². The van der Waals surface area contributed by atoms with E-state index in [0.29, 0.717) is 13.1 Å². The van der Waals surface area contributed by atoms with Crippen LogP contribution in [0.5, 0.6) is 5.75 Å². The van der Waals surface area contributed by atoms with Gasteiger partial charge in [-0.2, -0.15) is 4.31 Å². The third-order valence-corrected chi connectivity index (χ3v) is 5.69. The molecular formula is C16H17NO3S. The van der Waals surface area contributed by atoms with Gasteiger partial charge in [0.2, 0.25) is 10.0 Å². The molecule has 1 aliphatic heterocycles. The second-order valence-corrected chi connectivity index (χ2v) is 7.08. The maximum absolute atomic E-state index is 12.7. The van der Waals surface area contributed by atoms with Crippen molar-refractivity contribution in [2.24, 2.45) is 0 Å². The largest absolute Gasteiger partial charge is 0.507 e. The Morgan fingerprint density at radius 2 is 1.62 bits per heavy atom. The highest BCUT2D eigenvalue weighted by Gasteiger charge is 2.28. The van der Waals surface area contributed by atoms with Crippen LogP contribution < -0.4 is 0 Å². The number of fused-ring (bicyclic) bond motifs is 1. The molecule has 0 atom stereocenters. The first-order valence-electron chi connectivity index (χ1n) is 6.94. The number of para-hydroxylation sites is 1. The van der Waals surface area contributed by atoms with Crippen LogP contribution in [0.4, 0.5) is 0 Å². The Morgan fingerprint density at radius 3 is 2.38 bits per heavy atom. The Morgan fingerprint density at radius 1 is 0.952 bits per heavy atom. The second kappa shape index (κ2) is 5.50. The number of hydrogen-bond acceptors (Lipinski definition) is 3. The van der Waals surface area contributed by atoms with Crippen molar-refractivity contribution in [1.29, 1.82) is 0 Å². The van der Waals surface area contributed by atoms with Crippen molar-refractivity contribution in [1.82, 2.24) is 4.31 Å². The van der Waals surface area contributed by atoms with Gasteiger partial charge in [0.1, 0.15) is 10.6 Å². The summed E-state index contributed by atoms with van der Waals surface area (Å²) in [5.41, 5.74) is 2.24.